The molecule has 0 bridgehead atoms. The van der Waals surface area contributed by atoms with Crippen molar-refractivity contribution in [2.24, 2.45) is 0 Å². The van der Waals surface area contributed by atoms with Crippen LogP contribution >= 0.6 is 11.8 Å². The number of aromatic nitrogens is 4. The zero-order chi connectivity index (χ0) is 10.5. The highest BCUT2D eigenvalue weighted by atomic mass is 32.2. The van der Waals surface area contributed by atoms with E-state index in [4.69, 9.17) is 5.11 Å². The van der Waals surface area contributed by atoms with Crippen LogP contribution in [0.4, 0.5) is 0 Å². The number of thioether (sulfide) groups is 1. The lowest BCUT2D eigenvalue weighted by molar-refractivity contribution is 0.262. The van der Waals surface area contributed by atoms with Crippen molar-refractivity contribution in [3.8, 4) is 0 Å². The Morgan fingerprint density at radius 2 is 2.13 bits per heavy atom. The zero-order valence-corrected chi connectivity index (χ0v) is 9.49. The van der Waals surface area contributed by atoms with E-state index in [1.54, 1.807) is 16.4 Å². The Balaban J connectivity index is 1.93. The molecule has 6 heteroatoms. The lowest BCUT2D eigenvalue weighted by Crippen LogP contribution is -2.11. The third-order valence-corrected chi connectivity index (χ3v) is 3.94. The quantitative estimate of drug-likeness (QED) is 0.835. The Labute approximate surface area is 93.2 Å². The minimum atomic E-state index is 0.0866. The summed E-state index contributed by atoms with van der Waals surface area (Å²) in [5.41, 5.74) is 0. The van der Waals surface area contributed by atoms with Crippen LogP contribution in [0.15, 0.2) is 5.16 Å². The molecule has 1 N–H and O–H groups in total. The van der Waals surface area contributed by atoms with Gasteiger partial charge in [-0.1, -0.05) is 31.0 Å². The number of tetrazole rings is 1. The predicted octanol–water partition coefficient (Wildman–Crippen LogP) is 1.09. The first-order valence-electron chi connectivity index (χ1n) is 5.44. The summed E-state index contributed by atoms with van der Waals surface area (Å²) >= 11 is 1.75. The fourth-order valence-electron chi connectivity index (χ4n) is 1.85. The number of hydrogen-bond donors (Lipinski definition) is 1. The van der Waals surface area contributed by atoms with Gasteiger partial charge >= 0.3 is 0 Å². The maximum absolute atomic E-state index is 8.84. The standard InChI is InChI=1S/C9H16N4OS/c14-7-6-13-9(10-11-12-13)15-8-4-2-1-3-5-8/h8,14H,1-7H2. The van der Waals surface area contributed by atoms with Crippen molar-refractivity contribution in [2.75, 3.05) is 6.61 Å². The largest absolute Gasteiger partial charge is 0.394 e. The molecule has 0 radical (unpaired) electrons. The molecule has 2 rings (SSSR count). The Bertz CT molecular complexity index is 298. The van der Waals surface area contributed by atoms with Crippen molar-refractivity contribution in [1.29, 1.82) is 0 Å². The van der Waals surface area contributed by atoms with Crippen LogP contribution in [0.25, 0.3) is 0 Å². The molecule has 1 saturated carbocycles. The zero-order valence-electron chi connectivity index (χ0n) is 8.67. The van der Waals surface area contributed by atoms with E-state index in [1.165, 1.54) is 32.1 Å². The normalized spacial score (nSPS) is 18.2. The fraction of sp³-hybridized carbons (Fsp3) is 0.889. The Morgan fingerprint density at radius 3 is 2.87 bits per heavy atom. The van der Waals surface area contributed by atoms with Gasteiger partial charge in [0, 0.05) is 5.25 Å². The van der Waals surface area contributed by atoms with Crippen LogP contribution in [0.5, 0.6) is 0 Å². The molecular weight excluding hydrogens is 212 g/mol. The summed E-state index contributed by atoms with van der Waals surface area (Å²) in [6, 6.07) is 0. The predicted molar refractivity (Wildman–Crippen MR) is 57.6 cm³/mol. The van der Waals surface area contributed by atoms with Crippen LogP contribution < -0.4 is 0 Å². The monoisotopic (exact) mass is 228 g/mol. The Morgan fingerprint density at radius 1 is 1.33 bits per heavy atom. The van der Waals surface area contributed by atoms with E-state index in [0.29, 0.717) is 11.8 Å². The summed E-state index contributed by atoms with van der Waals surface area (Å²) in [4.78, 5) is 0. The molecule has 0 aromatic carbocycles. The van der Waals surface area contributed by atoms with Gasteiger partial charge in [0.2, 0.25) is 5.16 Å². The number of rotatable bonds is 4. The van der Waals surface area contributed by atoms with Gasteiger partial charge in [0.25, 0.3) is 0 Å². The Kier molecular flexibility index (Phi) is 3.96. The van der Waals surface area contributed by atoms with Gasteiger partial charge < -0.3 is 5.11 Å². The summed E-state index contributed by atoms with van der Waals surface area (Å²) in [5.74, 6) is 0. The minimum Gasteiger partial charge on any atom is -0.394 e. The first-order chi connectivity index (χ1) is 7.40. The molecule has 0 unspecified atom stereocenters. The maximum Gasteiger partial charge on any atom is 0.209 e. The molecule has 84 valence electrons. The average molecular weight is 228 g/mol. The van der Waals surface area contributed by atoms with E-state index in [9.17, 15) is 0 Å². The van der Waals surface area contributed by atoms with E-state index >= 15 is 0 Å². The van der Waals surface area contributed by atoms with Crippen LogP contribution in [0.1, 0.15) is 32.1 Å². The van der Waals surface area contributed by atoms with Gasteiger partial charge in [0.15, 0.2) is 0 Å². The summed E-state index contributed by atoms with van der Waals surface area (Å²) in [6.07, 6.45) is 6.52. The highest BCUT2D eigenvalue weighted by Crippen LogP contribution is 2.31. The van der Waals surface area contributed by atoms with Crippen LogP contribution in [0, 0.1) is 0 Å². The molecule has 0 spiro atoms. The molecule has 0 saturated heterocycles. The van der Waals surface area contributed by atoms with Gasteiger partial charge in [-0.2, -0.15) is 0 Å². The summed E-state index contributed by atoms with van der Waals surface area (Å²) in [5, 5.41) is 21.8. The van der Waals surface area contributed by atoms with Crippen LogP contribution in [-0.4, -0.2) is 37.2 Å². The topological polar surface area (TPSA) is 63.8 Å². The number of aliphatic hydroxyl groups excluding tert-OH is 1. The van der Waals surface area contributed by atoms with Crippen molar-refractivity contribution in [1.82, 2.24) is 20.2 Å². The van der Waals surface area contributed by atoms with Gasteiger partial charge in [-0.3, -0.25) is 0 Å². The molecule has 1 fully saturated rings. The first-order valence-corrected chi connectivity index (χ1v) is 6.32. The van der Waals surface area contributed by atoms with Gasteiger partial charge in [0.1, 0.15) is 0 Å². The third kappa shape index (κ3) is 2.92. The van der Waals surface area contributed by atoms with Crippen LogP contribution in [0.3, 0.4) is 0 Å². The van der Waals surface area contributed by atoms with Gasteiger partial charge in [-0.15, -0.1) is 5.10 Å². The second-order valence-electron chi connectivity index (χ2n) is 3.79. The lowest BCUT2D eigenvalue weighted by atomic mass is 10.0. The minimum absolute atomic E-state index is 0.0866. The fourth-order valence-corrected chi connectivity index (χ4v) is 3.05. The van der Waals surface area contributed by atoms with E-state index in [-0.39, 0.29) is 6.61 Å². The van der Waals surface area contributed by atoms with Gasteiger partial charge in [-0.25, -0.2) is 4.68 Å². The van der Waals surface area contributed by atoms with Crippen molar-refractivity contribution in [2.45, 2.75) is 49.1 Å². The summed E-state index contributed by atoms with van der Waals surface area (Å²) in [6.45, 7) is 0.575. The molecule has 0 atom stereocenters. The second-order valence-corrected chi connectivity index (χ2v) is 5.05. The number of nitrogens with zero attached hydrogens (tertiary/aromatic N) is 4. The molecule has 15 heavy (non-hydrogen) atoms. The molecule has 0 amide bonds. The second kappa shape index (κ2) is 5.46. The van der Waals surface area contributed by atoms with Gasteiger partial charge in [0.05, 0.1) is 13.2 Å². The molecule has 1 heterocycles. The van der Waals surface area contributed by atoms with E-state index in [1.807, 2.05) is 0 Å². The summed E-state index contributed by atoms with van der Waals surface area (Å²) < 4.78 is 1.68. The van der Waals surface area contributed by atoms with Crippen molar-refractivity contribution in [3.05, 3.63) is 0 Å². The van der Waals surface area contributed by atoms with E-state index < -0.39 is 0 Å². The molecule has 0 aliphatic heterocycles. The highest BCUT2D eigenvalue weighted by molar-refractivity contribution is 7.99. The molecule has 1 aromatic rings. The number of aliphatic hydroxyl groups is 1. The van der Waals surface area contributed by atoms with Crippen LogP contribution in [0.2, 0.25) is 0 Å². The first kappa shape index (κ1) is 10.9. The molecular formula is C9H16N4OS. The maximum atomic E-state index is 8.84. The van der Waals surface area contributed by atoms with Crippen LogP contribution in [-0.2, 0) is 6.54 Å². The molecule has 1 aromatic heterocycles. The highest BCUT2D eigenvalue weighted by Gasteiger charge is 2.17. The molecule has 1 aliphatic rings. The molecule has 5 nitrogen and oxygen atoms in total. The third-order valence-electron chi connectivity index (χ3n) is 2.64. The van der Waals surface area contributed by atoms with Crippen molar-refractivity contribution >= 4 is 11.8 Å². The average Bonchev–Trinajstić information content (AvgIpc) is 2.68. The van der Waals surface area contributed by atoms with Gasteiger partial charge in [-0.05, 0) is 23.3 Å². The van der Waals surface area contributed by atoms with E-state index in [0.717, 1.165) is 5.16 Å². The SMILES string of the molecule is OCCn1nnnc1SC1CCCCC1. The van der Waals surface area contributed by atoms with Crippen molar-refractivity contribution < 1.29 is 5.11 Å². The van der Waals surface area contributed by atoms with Crippen molar-refractivity contribution in [3.63, 3.8) is 0 Å². The number of hydrogen-bond acceptors (Lipinski definition) is 5. The Hall–Kier alpha value is -0.620. The lowest BCUT2D eigenvalue weighted by Gasteiger charge is -2.19. The summed E-state index contributed by atoms with van der Waals surface area (Å²) in [7, 11) is 0. The van der Waals surface area contributed by atoms with E-state index in [2.05, 4.69) is 15.5 Å². The molecule has 1 aliphatic carbocycles. The smallest absolute Gasteiger partial charge is 0.209 e.